The van der Waals surface area contributed by atoms with Crippen molar-refractivity contribution in [2.45, 2.75) is 18.9 Å². The van der Waals surface area contributed by atoms with E-state index in [-0.39, 0.29) is 6.04 Å². The van der Waals surface area contributed by atoms with Gasteiger partial charge in [-0.25, -0.2) is 14.6 Å². The predicted molar refractivity (Wildman–Crippen MR) is 130 cm³/mol. The molecule has 5 rings (SSSR count). The Morgan fingerprint density at radius 1 is 1.09 bits per heavy atom. The van der Waals surface area contributed by atoms with Gasteiger partial charge in [0.15, 0.2) is 5.65 Å². The Balaban J connectivity index is 1.47. The molecule has 2 atom stereocenters. The zero-order valence-electron chi connectivity index (χ0n) is 18.3. The van der Waals surface area contributed by atoms with Gasteiger partial charge < -0.3 is 19.9 Å². The molecular formula is C24H23N6O3S-. The van der Waals surface area contributed by atoms with Crippen LogP contribution in [0.15, 0.2) is 72.5 Å². The average molecular weight is 476 g/mol. The molecule has 34 heavy (non-hydrogen) atoms. The summed E-state index contributed by atoms with van der Waals surface area (Å²) in [4.78, 5) is 10.7. The van der Waals surface area contributed by atoms with Gasteiger partial charge in [-0.05, 0) is 60.3 Å². The predicted octanol–water partition coefficient (Wildman–Crippen LogP) is 3.86. The number of fused-ring (bicyclic) bond motifs is 1. The smallest absolute Gasteiger partial charge is 0.164 e. The van der Waals surface area contributed by atoms with Crippen molar-refractivity contribution in [1.29, 1.82) is 0 Å². The van der Waals surface area contributed by atoms with E-state index >= 15 is 0 Å². The van der Waals surface area contributed by atoms with Crippen LogP contribution in [0.4, 0.5) is 5.82 Å². The first-order valence-electron chi connectivity index (χ1n) is 10.9. The van der Waals surface area contributed by atoms with Gasteiger partial charge in [0.2, 0.25) is 0 Å². The van der Waals surface area contributed by atoms with Crippen LogP contribution in [0.3, 0.4) is 0 Å². The Morgan fingerprint density at radius 3 is 2.62 bits per heavy atom. The molecule has 0 aliphatic carbocycles. The molecule has 10 heteroatoms. The molecule has 2 aromatic carbocycles. The first-order valence-corrected chi connectivity index (χ1v) is 12.0. The van der Waals surface area contributed by atoms with E-state index in [0.29, 0.717) is 34.8 Å². The summed E-state index contributed by atoms with van der Waals surface area (Å²) in [5, 5.41) is 6.77. The second-order valence-electron chi connectivity index (χ2n) is 8.03. The largest absolute Gasteiger partial charge is 0.769 e. The van der Waals surface area contributed by atoms with Crippen LogP contribution in [-0.2, 0) is 11.1 Å². The van der Waals surface area contributed by atoms with Crippen LogP contribution in [0.25, 0.3) is 22.3 Å². The molecule has 1 aliphatic rings. The van der Waals surface area contributed by atoms with Crippen LogP contribution in [0, 0.1) is 0 Å². The minimum absolute atomic E-state index is 0.0183. The van der Waals surface area contributed by atoms with Crippen LogP contribution >= 0.6 is 0 Å². The van der Waals surface area contributed by atoms with E-state index < -0.39 is 11.1 Å². The van der Waals surface area contributed by atoms with E-state index in [4.69, 9.17) is 15.6 Å². The van der Waals surface area contributed by atoms with Gasteiger partial charge in [0.05, 0.1) is 11.4 Å². The number of nitrogen functional groups attached to an aromatic ring is 1. The van der Waals surface area contributed by atoms with Gasteiger partial charge in [-0.1, -0.05) is 18.2 Å². The van der Waals surface area contributed by atoms with Crippen molar-refractivity contribution in [2.75, 3.05) is 18.8 Å². The molecule has 2 unspecified atom stereocenters. The zero-order chi connectivity index (χ0) is 23.5. The number of para-hydroxylation sites is 1. The highest BCUT2D eigenvalue weighted by molar-refractivity contribution is 7.82. The number of benzene rings is 2. The number of piperidine rings is 1. The van der Waals surface area contributed by atoms with Gasteiger partial charge in [-0.2, -0.15) is 5.10 Å². The first kappa shape index (κ1) is 22.1. The third-order valence-electron chi connectivity index (χ3n) is 5.78. The highest BCUT2D eigenvalue weighted by atomic mass is 32.2. The Bertz CT molecular complexity index is 1340. The van der Waals surface area contributed by atoms with Crippen LogP contribution in [-0.4, -0.2) is 46.5 Å². The van der Waals surface area contributed by atoms with Crippen molar-refractivity contribution >= 4 is 27.9 Å². The fourth-order valence-corrected chi connectivity index (χ4v) is 4.48. The summed E-state index contributed by atoms with van der Waals surface area (Å²) >= 11 is -2.23. The van der Waals surface area contributed by atoms with Gasteiger partial charge >= 0.3 is 0 Å². The fraction of sp³-hybridized carbons (Fsp3) is 0.208. The quantitative estimate of drug-likeness (QED) is 0.417. The molecule has 3 heterocycles. The molecule has 0 bridgehead atoms. The van der Waals surface area contributed by atoms with Crippen molar-refractivity contribution in [3.05, 3.63) is 72.5 Å². The number of nitrogens with zero attached hydrogens (tertiary/aromatic N) is 5. The number of likely N-dealkylation sites (tertiary alicyclic amines) is 1. The van der Waals surface area contributed by atoms with Crippen molar-refractivity contribution in [3.63, 3.8) is 0 Å². The molecule has 0 amide bonds. The molecule has 2 aromatic heterocycles. The lowest BCUT2D eigenvalue weighted by molar-refractivity contribution is 0.228. The fourth-order valence-electron chi connectivity index (χ4n) is 4.21. The van der Waals surface area contributed by atoms with Crippen molar-refractivity contribution in [3.8, 4) is 22.8 Å². The Morgan fingerprint density at radius 2 is 1.85 bits per heavy atom. The number of hydrogen-bond donors (Lipinski definition) is 1. The summed E-state index contributed by atoms with van der Waals surface area (Å²) < 4.78 is 29.6. The van der Waals surface area contributed by atoms with Gasteiger partial charge in [0, 0.05) is 30.3 Å². The minimum Gasteiger partial charge on any atom is -0.769 e. The van der Waals surface area contributed by atoms with Crippen LogP contribution in [0.1, 0.15) is 18.9 Å². The van der Waals surface area contributed by atoms with Crippen molar-refractivity contribution in [1.82, 2.24) is 24.6 Å². The van der Waals surface area contributed by atoms with E-state index in [1.54, 1.807) is 6.20 Å². The monoisotopic (exact) mass is 475 g/mol. The molecule has 174 valence electrons. The normalized spacial score (nSPS) is 17.3. The van der Waals surface area contributed by atoms with Crippen molar-refractivity contribution < 1.29 is 13.5 Å². The van der Waals surface area contributed by atoms with E-state index in [1.807, 2.05) is 64.2 Å². The molecule has 0 spiro atoms. The Hall–Kier alpha value is -3.76. The lowest BCUT2D eigenvalue weighted by atomic mass is 10.1. The number of ether oxygens (including phenoxy) is 1. The molecule has 1 fully saturated rings. The molecule has 1 saturated heterocycles. The number of rotatable bonds is 6. The van der Waals surface area contributed by atoms with E-state index in [1.165, 1.54) is 6.33 Å². The second-order valence-corrected chi connectivity index (χ2v) is 8.82. The molecule has 0 saturated carbocycles. The second kappa shape index (κ2) is 9.62. The summed E-state index contributed by atoms with van der Waals surface area (Å²) in [6, 6.07) is 17.3. The van der Waals surface area contributed by atoms with E-state index in [0.717, 1.165) is 36.1 Å². The lowest BCUT2D eigenvalue weighted by Crippen LogP contribution is -2.33. The minimum atomic E-state index is -2.23. The SMILES string of the molecule is Nc1ncnc2c1c(-c1ccc(Oc3ccccc3)cc1)nn2C1CCCN(C=CS(=O)[O-])C1. The van der Waals surface area contributed by atoms with Gasteiger partial charge in [-0.15, -0.1) is 0 Å². The molecule has 9 nitrogen and oxygen atoms in total. The van der Waals surface area contributed by atoms with Gasteiger partial charge in [0.25, 0.3) is 0 Å². The summed E-state index contributed by atoms with van der Waals surface area (Å²) in [6.07, 6.45) is 4.85. The maximum Gasteiger partial charge on any atom is 0.164 e. The van der Waals surface area contributed by atoms with Crippen LogP contribution in [0.2, 0.25) is 0 Å². The molecule has 1 aliphatic heterocycles. The molecule has 2 N–H and O–H groups in total. The van der Waals surface area contributed by atoms with Crippen LogP contribution in [0.5, 0.6) is 11.5 Å². The summed E-state index contributed by atoms with van der Waals surface area (Å²) in [7, 11) is 0. The van der Waals surface area contributed by atoms with Gasteiger partial charge in [-0.3, -0.25) is 4.21 Å². The maximum atomic E-state index is 10.9. The lowest BCUT2D eigenvalue weighted by Gasteiger charge is -2.32. The molecule has 4 aromatic rings. The molecule has 0 radical (unpaired) electrons. The number of hydrogen-bond acceptors (Lipinski definition) is 8. The van der Waals surface area contributed by atoms with Crippen LogP contribution < -0.4 is 10.5 Å². The first-order chi connectivity index (χ1) is 16.6. The summed E-state index contributed by atoms with van der Waals surface area (Å²) in [5.74, 6) is 1.85. The number of aromatic nitrogens is 4. The topological polar surface area (TPSA) is 122 Å². The third-order valence-corrected chi connectivity index (χ3v) is 6.13. The molecular weight excluding hydrogens is 452 g/mol. The Kier molecular flexibility index (Phi) is 6.24. The number of nitrogens with two attached hydrogens (primary N) is 1. The standard InChI is InChI=1S/C24H24N6O3S/c25-23-21-22(17-8-10-20(11-9-17)33-19-6-2-1-3-7-19)28-30(24(21)27-16-26-23)18-5-4-12-29(15-18)13-14-34(31)32/h1-3,6-11,13-14,16,18H,4-5,12,15H2,(H,31,32)(H2,25,26,27)/p-1. The number of anilines is 1. The van der Waals surface area contributed by atoms with E-state index in [2.05, 4.69) is 9.97 Å². The van der Waals surface area contributed by atoms with E-state index in [9.17, 15) is 8.76 Å². The highest BCUT2D eigenvalue weighted by Crippen LogP contribution is 2.34. The summed E-state index contributed by atoms with van der Waals surface area (Å²) in [5.41, 5.74) is 8.50. The van der Waals surface area contributed by atoms with Gasteiger partial charge in [0.1, 0.15) is 29.3 Å². The highest BCUT2D eigenvalue weighted by Gasteiger charge is 2.25. The zero-order valence-corrected chi connectivity index (χ0v) is 19.1. The van der Waals surface area contributed by atoms with Crippen molar-refractivity contribution in [2.24, 2.45) is 0 Å². The maximum absolute atomic E-state index is 10.9. The summed E-state index contributed by atoms with van der Waals surface area (Å²) in [6.45, 7) is 1.41. The Labute approximate surface area is 199 Å². The average Bonchev–Trinajstić information content (AvgIpc) is 3.25. The third kappa shape index (κ3) is 4.63.